The van der Waals surface area contributed by atoms with Crippen LogP contribution in [0.3, 0.4) is 0 Å². The highest BCUT2D eigenvalue weighted by atomic mass is 32.2. The van der Waals surface area contributed by atoms with E-state index in [1.54, 1.807) is 48.5 Å². The Morgan fingerprint density at radius 3 is 2.55 bits per heavy atom. The monoisotopic (exact) mass is 447 g/mol. The summed E-state index contributed by atoms with van der Waals surface area (Å²) in [6.07, 6.45) is 0. The Bertz CT molecular complexity index is 976. The number of nitrogens with one attached hydrogen (secondary N) is 1. The smallest absolute Gasteiger partial charge is 0.268 e. The van der Waals surface area contributed by atoms with Gasteiger partial charge in [0.2, 0.25) is 5.91 Å². The SMILES string of the molecule is COc1ccc(C)cc1S(=O)(=O)N(CC(=O)NCCN1CCOCC1)c1ccccc1. The predicted molar refractivity (Wildman–Crippen MR) is 119 cm³/mol. The molecule has 0 unspecified atom stereocenters. The highest BCUT2D eigenvalue weighted by Gasteiger charge is 2.30. The molecular weight excluding hydrogens is 418 g/mol. The van der Waals surface area contributed by atoms with Crippen molar-refractivity contribution in [3.8, 4) is 5.75 Å². The quantitative estimate of drug-likeness (QED) is 0.629. The van der Waals surface area contributed by atoms with Gasteiger partial charge in [-0.05, 0) is 36.8 Å². The molecule has 0 atom stereocenters. The third kappa shape index (κ3) is 5.96. The molecule has 1 saturated heterocycles. The number of aryl methyl sites for hydroxylation is 1. The van der Waals surface area contributed by atoms with Crippen LogP contribution in [-0.2, 0) is 19.6 Å². The molecule has 0 aromatic heterocycles. The summed E-state index contributed by atoms with van der Waals surface area (Å²) >= 11 is 0. The summed E-state index contributed by atoms with van der Waals surface area (Å²) < 4.78 is 38.9. The second-order valence-corrected chi connectivity index (χ2v) is 9.14. The van der Waals surface area contributed by atoms with Crippen LogP contribution in [-0.4, -0.2) is 72.3 Å². The number of methoxy groups -OCH3 is 1. The molecule has 168 valence electrons. The number of nitrogens with zero attached hydrogens (tertiary/aromatic N) is 2. The van der Waals surface area contributed by atoms with Gasteiger partial charge in [-0.1, -0.05) is 24.3 Å². The Balaban J connectivity index is 1.79. The predicted octanol–water partition coefficient (Wildman–Crippen LogP) is 1.65. The summed E-state index contributed by atoms with van der Waals surface area (Å²) in [7, 11) is -2.61. The first-order valence-corrected chi connectivity index (χ1v) is 11.6. The van der Waals surface area contributed by atoms with Crippen molar-refractivity contribution in [3.63, 3.8) is 0 Å². The number of carbonyl (C=O) groups is 1. The number of sulfonamides is 1. The third-order valence-corrected chi connectivity index (χ3v) is 6.87. The third-order valence-electron chi connectivity index (χ3n) is 5.07. The molecule has 2 aromatic carbocycles. The summed E-state index contributed by atoms with van der Waals surface area (Å²) in [6, 6.07) is 13.6. The number of amides is 1. The minimum atomic E-state index is -4.04. The van der Waals surface area contributed by atoms with Crippen molar-refractivity contribution in [2.45, 2.75) is 11.8 Å². The zero-order valence-corrected chi connectivity index (χ0v) is 18.7. The van der Waals surface area contributed by atoms with Crippen LogP contribution in [0.1, 0.15) is 5.56 Å². The fourth-order valence-corrected chi connectivity index (χ4v) is 5.04. The van der Waals surface area contributed by atoms with Crippen LogP contribution in [0.4, 0.5) is 5.69 Å². The normalized spacial score (nSPS) is 14.8. The Hall–Kier alpha value is -2.62. The number of hydrogen-bond donors (Lipinski definition) is 1. The number of benzene rings is 2. The van der Waals surface area contributed by atoms with E-state index in [9.17, 15) is 13.2 Å². The lowest BCUT2D eigenvalue weighted by atomic mass is 10.2. The summed E-state index contributed by atoms with van der Waals surface area (Å²) in [5.41, 5.74) is 1.19. The van der Waals surface area contributed by atoms with Gasteiger partial charge in [0.05, 0.1) is 26.0 Å². The molecule has 1 fully saturated rings. The van der Waals surface area contributed by atoms with Crippen molar-refractivity contribution in [2.75, 3.05) is 57.4 Å². The second kappa shape index (κ2) is 10.6. The molecule has 3 rings (SSSR count). The average Bonchev–Trinajstić information content (AvgIpc) is 2.78. The molecule has 9 heteroatoms. The molecule has 1 N–H and O–H groups in total. The lowest BCUT2D eigenvalue weighted by Gasteiger charge is -2.27. The zero-order chi connectivity index (χ0) is 22.3. The first-order chi connectivity index (χ1) is 14.9. The number of ether oxygens (including phenoxy) is 2. The van der Waals surface area contributed by atoms with Crippen molar-refractivity contribution >= 4 is 21.6 Å². The van der Waals surface area contributed by atoms with Gasteiger partial charge in [-0.2, -0.15) is 0 Å². The van der Waals surface area contributed by atoms with E-state index in [2.05, 4.69) is 10.2 Å². The van der Waals surface area contributed by atoms with Gasteiger partial charge >= 0.3 is 0 Å². The first kappa shape index (κ1) is 23.1. The Labute approximate surface area is 183 Å². The van der Waals surface area contributed by atoms with Gasteiger partial charge in [0.25, 0.3) is 10.0 Å². The maximum Gasteiger partial charge on any atom is 0.268 e. The van der Waals surface area contributed by atoms with E-state index >= 15 is 0 Å². The fourth-order valence-electron chi connectivity index (χ4n) is 3.38. The number of para-hydroxylation sites is 1. The van der Waals surface area contributed by atoms with Crippen molar-refractivity contribution in [3.05, 3.63) is 54.1 Å². The van der Waals surface area contributed by atoms with Crippen LogP contribution in [0.2, 0.25) is 0 Å². The summed E-state index contributed by atoms with van der Waals surface area (Å²) in [4.78, 5) is 14.9. The summed E-state index contributed by atoms with van der Waals surface area (Å²) in [5, 5.41) is 2.83. The first-order valence-electron chi connectivity index (χ1n) is 10.2. The lowest BCUT2D eigenvalue weighted by molar-refractivity contribution is -0.119. The van der Waals surface area contributed by atoms with Gasteiger partial charge in [-0.3, -0.25) is 14.0 Å². The molecule has 0 aliphatic carbocycles. The largest absolute Gasteiger partial charge is 0.495 e. The number of morpholine rings is 1. The molecule has 0 saturated carbocycles. The van der Waals surface area contributed by atoms with Crippen molar-refractivity contribution in [2.24, 2.45) is 0 Å². The standard InChI is InChI=1S/C22H29N3O5S/c1-18-8-9-20(29-2)21(16-18)31(27,28)25(19-6-4-3-5-7-19)17-22(26)23-10-11-24-12-14-30-15-13-24/h3-9,16H,10-15,17H2,1-2H3,(H,23,26). The second-order valence-electron chi connectivity index (χ2n) is 7.31. The van der Waals surface area contributed by atoms with Crippen molar-refractivity contribution in [1.29, 1.82) is 0 Å². The minimum Gasteiger partial charge on any atom is -0.495 e. The van der Waals surface area contributed by atoms with Gasteiger partial charge in [0.1, 0.15) is 17.2 Å². The number of carbonyl (C=O) groups excluding carboxylic acids is 1. The van der Waals surface area contributed by atoms with E-state index in [1.165, 1.54) is 7.11 Å². The number of anilines is 1. The van der Waals surface area contributed by atoms with Crippen molar-refractivity contribution < 1.29 is 22.7 Å². The topological polar surface area (TPSA) is 88.2 Å². The van der Waals surface area contributed by atoms with Crippen LogP contribution in [0.15, 0.2) is 53.4 Å². The van der Waals surface area contributed by atoms with Crippen LogP contribution in [0.5, 0.6) is 5.75 Å². The highest BCUT2D eigenvalue weighted by molar-refractivity contribution is 7.93. The maximum atomic E-state index is 13.6. The van der Waals surface area contributed by atoms with E-state index in [-0.39, 0.29) is 23.1 Å². The molecule has 0 radical (unpaired) electrons. The van der Waals surface area contributed by atoms with Gasteiger partial charge < -0.3 is 14.8 Å². The van der Waals surface area contributed by atoms with Crippen molar-refractivity contribution in [1.82, 2.24) is 10.2 Å². The zero-order valence-electron chi connectivity index (χ0n) is 17.9. The number of rotatable bonds is 9. The number of hydrogen-bond acceptors (Lipinski definition) is 6. The minimum absolute atomic E-state index is 0.0277. The molecule has 1 aliphatic rings. The highest BCUT2D eigenvalue weighted by Crippen LogP contribution is 2.30. The van der Waals surface area contributed by atoms with Crippen LogP contribution < -0.4 is 14.4 Å². The van der Waals surface area contributed by atoms with E-state index in [0.717, 1.165) is 23.0 Å². The summed E-state index contributed by atoms with van der Waals surface area (Å²) in [6.45, 7) is 5.64. The molecule has 31 heavy (non-hydrogen) atoms. The Kier molecular flexibility index (Phi) is 7.89. The van der Waals surface area contributed by atoms with Gasteiger partial charge in [0.15, 0.2) is 0 Å². The van der Waals surface area contributed by atoms with Crippen LogP contribution >= 0.6 is 0 Å². The summed E-state index contributed by atoms with van der Waals surface area (Å²) in [5.74, 6) is -0.133. The van der Waals surface area contributed by atoms with E-state index < -0.39 is 10.0 Å². The molecule has 0 spiro atoms. The molecule has 1 aliphatic heterocycles. The van der Waals surface area contributed by atoms with Crippen LogP contribution in [0.25, 0.3) is 0 Å². The molecule has 2 aromatic rings. The van der Waals surface area contributed by atoms with Gasteiger partial charge in [-0.15, -0.1) is 0 Å². The average molecular weight is 448 g/mol. The molecule has 8 nitrogen and oxygen atoms in total. The molecular formula is C22H29N3O5S. The lowest BCUT2D eigenvalue weighted by Crippen LogP contribution is -2.44. The van der Waals surface area contributed by atoms with Crippen LogP contribution in [0, 0.1) is 6.92 Å². The van der Waals surface area contributed by atoms with E-state index in [4.69, 9.17) is 9.47 Å². The van der Waals surface area contributed by atoms with E-state index in [0.29, 0.717) is 32.0 Å². The Morgan fingerprint density at radius 2 is 1.87 bits per heavy atom. The van der Waals surface area contributed by atoms with E-state index in [1.807, 2.05) is 6.92 Å². The van der Waals surface area contributed by atoms with Gasteiger partial charge in [-0.25, -0.2) is 8.42 Å². The molecule has 0 bridgehead atoms. The fraction of sp³-hybridized carbons (Fsp3) is 0.409. The molecule has 1 amide bonds. The Morgan fingerprint density at radius 1 is 1.16 bits per heavy atom. The molecule has 1 heterocycles. The maximum absolute atomic E-state index is 13.6. The van der Waals surface area contributed by atoms with Gasteiger partial charge in [0, 0.05) is 26.2 Å².